The van der Waals surface area contributed by atoms with Gasteiger partial charge in [-0.1, -0.05) is 12.1 Å². The second-order valence-corrected chi connectivity index (χ2v) is 4.85. The summed E-state index contributed by atoms with van der Waals surface area (Å²) in [5, 5.41) is 2.29. The summed E-state index contributed by atoms with van der Waals surface area (Å²) in [6, 6.07) is 8.21. The van der Waals surface area contributed by atoms with Crippen molar-refractivity contribution < 1.29 is 27.5 Å². The molecule has 0 aliphatic rings. The summed E-state index contributed by atoms with van der Waals surface area (Å²) < 4.78 is 42.9. The molecule has 0 fully saturated rings. The summed E-state index contributed by atoms with van der Waals surface area (Å²) in [7, 11) is 0. The highest BCUT2D eigenvalue weighted by atomic mass is 19.4. The Morgan fingerprint density at radius 2 is 1.96 bits per heavy atom. The van der Waals surface area contributed by atoms with Crippen LogP contribution in [0.1, 0.15) is 23.0 Å². The van der Waals surface area contributed by atoms with E-state index < -0.39 is 24.4 Å². The van der Waals surface area contributed by atoms with Crippen LogP contribution in [0.3, 0.4) is 0 Å². The second-order valence-electron chi connectivity index (χ2n) is 4.85. The normalized spacial score (nSPS) is 11.0. The van der Waals surface area contributed by atoms with Gasteiger partial charge in [-0.3, -0.25) is 14.6 Å². The number of pyridine rings is 1. The van der Waals surface area contributed by atoms with Gasteiger partial charge in [0.1, 0.15) is 11.4 Å². The lowest BCUT2D eigenvalue weighted by atomic mass is 10.1. The first-order valence-electron chi connectivity index (χ1n) is 6.82. The van der Waals surface area contributed by atoms with Gasteiger partial charge in [0.15, 0.2) is 12.4 Å². The zero-order valence-corrected chi connectivity index (χ0v) is 12.6. The Morgan fingerprint density at radius 3 is 2.62 bits per heavy atom. The van der Waals surface area contributed by atoms with Gasteiger partial charge in [0, 0.05) is 17.4 Å². The average molecular weight is 338 g/mol. The van der Waals surface area contributed by atoms with Gasteiger partial charge in [0.05, 0.1) is 0 Å². The van der Waals surface area contributed by atoms with Crippen LogP contribution in [0.25, 0.3) is 0 Å². The molecule has 0 saturated heterocycles. The summed E-state index contributed by atoms with van der Waals surface area (Å²) in [6.07, 6.45) is -3.64. The lowest BCUT2D eigenvalue weighted by molar-refractivity contribution is -0.141. The van der Waals surface area contributed by atoms with E-state index in [1.807, 2.05) is 0 Å². The van der Waals surface area contributed by atoms with E-state index in [1.165, 1.54) is 19.1 Å². The number of alkyl halides is 3. The fraction of sp³-hybridized carbons (Fsp3) is 0.188. The van der Waals surface area contributed by atoms with Crippen molar-refractivity contribution >= 4 is 17.4 Å². The Hall–Kier alpha value is -2.90. The van der Waals surface area contributed by atoms with Crippen LogP contribution >= 0.6 is 0 Å². The minimum absolute atomic E-state index is 0.0385. The highest BCUT2D eigenvalue weighted by molar-refractivity contribution is 5.94. The fourth-order valence-electron chi connectivity index (χ4n) is 1.81. The number of carbonyl (C=O) groups is 2. The third-order valence-electron chi connectivity index (χ3n) is 2.94. The minimum atomic E-state index is -4.59. The molecular formula is C16H13F3N2O3. The van der Waals surface area contributed by atoms with Crippen LogP contribution < -0.4 is 10.1 Å². The number of aromatic nitrogens is 1. The number of carbonyl (C=O) groups excluding carboxylic acids is 2. The number of hydrogen-bond donors (Lipinski definition) is 1. The summed E-state index contributed by atoms with van der Waals surface area (Å²) >= 11 is 0. The van der Waals surface area contributed by atoms with Crippen LogP contribution in [0.15, 0.2) is 42.6 Å². The molecule has 0 radical (unpaired) electrons. The van der Waals surface area contributed by atoms with Crippen LogP contribution in [-0.2, 0) is 11.0 Å². The number of halogens is 3. The molecule has 0 spiro atoms. The number of anilines is 1. The highest BCUT2D eigenvalue weighted by Crippen LogP contribution is 2.28. The molecular weight excluding hydrogens is 325 g/mol. The zero-order valence-electron chi connectivity index (χ0n) is 12.6. The van der Waals surface area contributed by atoms with Crippen molar-refractivity contribution in [2.45, 2.75) is 13.1 Å². The number of benzene rings is 1. The van der Waals surface area contributed by atoms with E-state index >= 15 is 0 Å². The highest BCUT2D eigenvalue weighted by Gasteiger charge is 2.32. The monoisotopic (exact) mass is 338 g/mol. The molecule has 0 unspecified atom stereocenters. The molecule has 0 aliphatic heterocycles. The number of hydrogen-bond acceptors (Lipinski definition) is 4. The Balaban J connectivity index is 1.97. The van der Waals surface area contributed by atoms with E-state index in [4.69, 9.17) is 4.74 Å². The Morgan fingerprint density at radius 1 is 1.21 bits per heavy atom. The summed E-state index contributed by atoms with van der Waals surface area (Å²) in [6.45, 7) is 0.985. The van der Waals surface area contributed by atoms with Crippen LogP contribution in [-0.4, -0.2) is 23.3 Å². The first-order valence-corrected chi connectivity index (χ1v) is 6.82. The van der Waals surface area contributed by atoms with Crippen molar-refractivity contribution in [3.05, 3.63) is 53.9 Å². The smallest absolute Gasteiger partial charge is 0.433 e. The van der Waals surface area contributed by atoms with Crippen molar-refractivity contribution in [2.75, 3.05) is 11.9 Å². The van der Waals surface area contributed by atoms with Gasteiger partial charge in [-0.2, -0.15) is 13.2 Å². The lowest BCUT2D eigenvalue weighted by Gasteiger charge is -2.10. The third-order valence-corrected chi connectivity index (χ3v) is 2.94. The molecule has 2 aromatic rings. The number of nitrogens with zero attached hydrogens (tertiary/aromatic N) is 1. The summed E-state index contributed by atoms with van der Waals surface area (Å²) in [5.74, 6) is -0.479. The lowest BCUT2D eigenvalue weighted by Crippen LogP contribution is -2.20. The summed E-state index contributed by atoms with van der Waals surface area (Å²) in [5.41, 5.74) is -0.712. The number of amides is 1. The number of ether oxygens (including phenoxy) is 1. The van der Waals surface area contributed by atoms with E-state index in [1.54, 1.807) is 18.2 Å². The molecule has 24 heavy (non-hydrogen) atoms. The molecule has 1 N–H and O–H groups in total. The topological polar surface area (TPSA) is 68.3 Å². The molecule has 5 nitrogen and oxygen atoms in total. The van der Waals surface area contributed by atoms with Crippen molar-refractivity contribution in [1.82, 2.24) is 4.98 Å². The predicted octanol–water partition coefficient (Wildman–Crippen LogP) is 3.32. The van der Waals surface area contributed by atoms with Crippen LogP contribution in [0.5, 0.6) is 5.75 Å². The van der Waals surface area contributed by atoms with Crippen LogP contribution in [0, 0.1) is 0 Å². The molecule has 0 saturated carbocycles. The van der Waals surface area contributed by atoms with E-state index in [0.717, 1.165) is 12.3 Å². The number of ketones is 1. The van der Waals surface area contributed by atoms with E-state index in [2.05, 4.69) is 10.3 Å². The largest absolute Gasteiger partial charge is 0.484 e. The van der Waals surface area contributed by atoms with E-state index in [0.29, 0.717) is 11.3 Å². The van der Waals surface area contributed by atoms with Crippen LogP contribution in [0.2, 0.25) is 0 Å². The van der Waals surface area contributed by atoms with Gasteiger partial charge < -0.3 is 10.1 Å². The average Bonchev–Trinajstić information content (AvgIpc) is 2.52. The quantitative estimate of drug-likeness (QED) is 0.849. The summed E-state index contributed by atoms with van der Waals surface area (Å²) in [4.78, 5) is 26.2. The van der Waals surface area contributed by atoms with Gasteiger partial charge in [0.25, 0.3) is 5.91 Å². The maximum atomic E-state index is 12.6. The third kappa shape index (κ3) is 4.80. The fourth-order valence-corrected chi connectivity index (χ4v) is 1.81. The van der Waals surface area contributed by atoms with Crippen molar-refractivity contribution in [3.63, 3.8) is 0 Å². The maximum Gasteiger partial charge on any atom is 0.433 e. The molecule has 1 amide bonds. The molecule has 0 aliphatic carbocycles. The molecule has 0 atom stereocenters. The van der Waals surface area contributed by atoms with Crippen LogP contribution in [0.4, 0.5) is 18.9 Å². The van der Waals surface area contributed by atoms with Crippen molar-refractivity contribution in [3.8, 4) is 5.75 Å². The first-order chi connectivity index (χ1) is 11.3. The Labute approximate surface area is 135 Å². The van der Waals surface area contributed by atoms with E-state index in [-0.39, 0.29) is 11.5 Å². The standard InChI is InChI=1S/C16H13F3N2O3/c1-10(22)11-3-2-4-13(7-11)24-9-15(23)21-12-5-6-20-14(8-12)16(17,18)19/h2-8H,9H2,1H3,(H,20,21,23). The van der Waals surface area contributed by atoms with Gasteiger partial charge in [0.2, 0.25) is 0 Å². The van der Waals surface area contributed by atoms with E-state index in [9.17, 15) is 22.8 Å². The van der Waals surface area contributed by atoms with Gasteiger partial charge in [-0.15, -0.1) is 0 Å². The Bertz CT molecular complexity index is 760. The molecule has 1 aromatic carbocycles. The maximum absolute atomic E-state index is 12.6. The molecule has 0 bridgehead atoms. The second kappa shape index (κ2) is 7.12. The predicted molar refractivity (Wildman–Crippen MR) is 79.8 cm³/mol. The zero-order chi connectivity index (χ0) is 17.7. The minimum Gasteiger partial charge on any atom is -0.484 e. The molecule has 1 heterocycles. The first kappa shape index (κ1) is 17.5. The Kier molecular flexibility index (Phi) is 5.18. The number of rotatable bonds is 5. The number of nitrogens with one attached hydrogen (secondary N) is 1. The molecule has 2 rings (SSSR count). The van der Waals surface area contributed by atoms with Gasteiger partial charge in [-0.25, -0.2) is 0 Å². The van der Waals surface area contributed by atoms with Gasteiger partial charge in [-0.05, 0) is 31.2 Å². The SMILES string of the molecule is CC(=O)c1cccc(OCC(=O)Nc2ccnc(C(F)(F)F)c2)c1. The molecule has 8 heteroatoms. The number of Topliss-reactive ketones (excluding diaryl/α,β-unsaturated/α-hetero) is 1. The van der Waals surface area contributed by atoms with Crippen molar-refractivity contribution in [2.24, 2.45) is 0 Å². The van der Waals surface area contributed by atoms with Crippen molar-refractivity contribution in [1.29, 1.82) is 0 Å². The molecule has 1 aromatic heterocycles. The molecule has 126 valence electrons. The van der Waals surface area contributed by atoms with Gasteiger partial charge >= 0.3 is 6.18 Å².